The lowest BCUT2D eigenvalue weighted by atomic mass is 9.94. The Labute approximate surface area is 135 Å². The molecular weight excluding hydrogens is 286 g/mol. The fourth-order valence-corrected chi connectivity index (χ4v) is 2.69. The Bertz CT molecular complexity index is 819. The number of anilines is 1. The lowest BCUT2D eigenvalue weighted by Gasteiger charge is -2.15. The van der Waals surface area contributed by atoms with E-state index in [1.807, 2.05) is 55.5 Å². The van der Waals surface area contributed by atoms with Crippen molar-refractivity contribution in [2.75, 3.05) is 12.4 Å². The van der Waals surface area contributed by atoms with Gasteiger partial charge in [-0.05, 0) is 47.5 Å². The summed E-state index contributed by atoms with van der Waals surface area (Å²) >= 11 is 0. The Kier molecular flexibility index (Phi) is 4.29. The first-order chi connectivity index (χ1) is 11.2. The third kappa shape index (κ3) is 3.19. The molecule has 0 aliphatic carbocycles. The minimum absolute atomic E-state index is 0.0217. The molecule has 1 atom stereocenters. The highest BCUT2D eigenvalue weighted by Crippen LogP contribution is 2.26. The summed E-state index contributed by atoms with van der Waals surface area (Å²) in [5, 5.41) is 5.23. The summed E-state index contributed by atoms with van der Waals surface area (Å²) in [7, 11) is 1.62. The molecule has 3 nitrogen and oxygen atoms in total. The van der Waals surface area contributed by atoms with Crippen LogP contribution in [-0.2, 0) is 4.79 Å². The number of nitrogens with one attached hydrogen (secondary N) is 1. The molecule has 0 saturated carbocycles. The molecule has 0 aromatic heterocycles. The average molecular weight is 305 g/mol. The number of fused-ring (bicyclic) bond motifs is 1. The number of rotatable bonds is 4. The normalized spacial score (nSPS) is 11.9. The molecule has 116 valence electrons. The van der Waals surface area contributed by atoms with Gasteiger partial charge in [-0.2, -0.15) is 0 Å². The van der Waals surface area contributed by atoms with E-state index in [1.165, 1.54) is 0 Å². The monoisotopic (exact) mass is 305 g/mol. The molecule has 0 radical (unpaired) electrons. The third-order valence-electron chi connectivity index (χ3n) is 4.04. The molecule has 0 heterocycles. The van der Waals surface area contributed by atoms with Crippen LogP contribution < -0.4 is 10.1 Å². The highest BCUT2D eigenvalue weighted by molar-refractivity contribution is 5.99. The van der Waals surface area contributed by atoms with Crippen molar-refractivity contribution in [3.8, 4) is 5.75 Å². The predicted molar refractivity (Wildman–Crippen MR) is 94.0 cm³/mol. The van der Waals surface area contributed by atoms with Gasteiger partial charge in [0.05, 0.1) is 13.0 Å². The van der Waals surface area contributed by atoms with Crippen LogP contribution in [0.3, 0.4) is 0 Å². The second kappa shape index (κ2) is 6.53. The molecule has 0 bridgehead atoms. The first kappa shape index (κ1) is 15.1. The second-order valence-electron chi connectivity index (χ2n) is 5.51. The standard InChI is InChI=1S/C20H19NO2/c1-14(18-9-5-7-15-6-3-4-8-19(15)18)20(22)21-16-10-12-17(23-2)13-11-16/h3-14H,1-2H3,(H,21,22). The average Bonchev–Trinajstić information content (AvgIpc) is 2.61. The third-order valence-corrected chi connectivity index (χ3v) is 4.04. The number of carbonyl (C=O) groups excluding carboxylic acids is 1. The molecule has 0 saturated heterocycles. The number of methoxy groups -OCH3 is 1. The van der Waals surface area contributed by atoms with Gasteiger partial charge in [-0.3, -0.25) is 4.79 Å². The van der Waals surface area contributed by atoms with E-state index in [0.717, 1.165) is 27.8 Å². The highest BCUT2D eigenvalue weighted by Gasteiger charge is 2.17. The SMILES string of the molecule is COc1ccc(NC(=O)C(C)c2cccc3ccccc23)cc1. The molecule has 3 aromatic rings. The molecule has 1 unspecified atom stereocenters. The smallest absolute Gasteiger partial charge is 0.231 e. The highest BCUT2D eigenvalue weighted by atomic mass is 16.5. The van der Waals surface area contributed by atoms with Crippen molar-refractivity contribution in [1.82, 2.24) is 0 Å². The summed E-state index contributed by atoms with van der Waals surface area (Å²) in [6.45, 7) is 1.93. The van der Waals surface area contributed by atoms with Crippen LogP contribution in [0.4, 0.5) is 5.69 Å². The van der Waals surface area contributed by atoms with Crippen LogP contribution in [0.2, 0.25) is 0 Å². The molecule has 0 aliphatic rings. The molecule has 0 spiro atoms. The van der Waals surface area contributed by atoms with Crippen LogP contribution in [0.1, 0.15) is 18.4 Å². The van der Waals surface area contributed by atoms with E-state index in [1.54, 1.807) is 7.11 Å². The topological polar surface area (TPSA) is 38.3 Å². The lowest BCUT2D eigenvalue weighted by Crippen LogP contribution is -2.19. The van der Waals surface area contributed by atoms with Crippen LogP contribution in [0.15, 0.2) is 66.7 Å². The van der Waals surface area contributed by atoms with Crippen molar-refractivity contribution >= 4 is 22.4 Å². The maximum atomic E-state index is 12.6. The summed E-state index contributed by atoms with van der Waals surface area (Å²) in [6, 6.07) is 21.5. The summed E-state index contributed by atoms with van der Waals surface area (Å²) in [5.74, 6) is 0.514. The molecule has 3 aromatic carbocycles. The van der Waals surface area contributed by atoms with E-state index < -0.39 is 0 Å². The van der Waals surface area contributed by atoms with Gasteiger partial charge >= 0.3 is 0 Å². The predicted octanol–water partition coefficient (Wildman–Crippen LogP) is 4.59. The zero-order valence-corrected chi connectivity index (χ0v) is 13.2. The lowest BCUT2D eigenvalue weighted by molar-refractivity contribution is -0.117. The van der Waals surface area contributed by atoms with Gasteiger partial charge in [-0.25, -0.2) is 0 Å². The van der Waals surface area contributed by atoms with Crippen molar-refractivity contribution in [1.29, 1.82) is 0 Å². The van der Waals surface area contributed by atoms with E-state index in [2.05, 4.69) is 23.5 Å². The van der Waals surface area contributed by atoms with Gasteiger partial charge in [-0.15, -0.1) is 0 Å². The maximum Gasteiger partial charge on any atom is 0.231 e. The quantitative estimate of drug-likeness (QED) is 0.765. The second-order valence-corrected chi connectivity index (χ2v) is 5.51. The van der Waals surface area contributed by atoms with Gasteiger partial charge in [0, 0.05) is 5.69 Å². The van der Waals surface area contributed by atoms with Crippen molar-refractivity contribution in [3.05, 3.63) is 72.3 Å². The van der Waals surface area contributed by atoms with E-state index in [0.29, 0.717) is 0 Å². The van der Waals surface area contributed by atoms with E-state index in [4.69, 9.17) is 4.74 Å². The number of ether oxygens (including phenoxy) is 1. The molecule has 1 N–H and O–H groups in total. The van der Waals surface area contributed by atoms with E-state index in [-0.39, 0.29) is 11.8 Å². The number of carbonyl (C=O) groups is 1. The first-order valence-electron chi connectivity index (χ1n) is 7.61. The molecule has 3 rings (SSSR count). The van der Waals surface area contributed by atoms with Crippen LogP contribution in [0.5, 0.6) is 5.75 Å². The minimum atomic E-state index is -0.233. The van der Waals surface area contributed by atoms with Crippen LogP contribution >= 0.6 is 0 Å². The van der Waals surface area contributed by atoms with Gasteiger partial charge in [-0.1, -0.05) is 42.5 Å². The van der Waals surface area contributed by atoms with Gasteiger partial charge < -0.3 is 10.1 Å². The van der Waals surface area contributed by atoms with Crippen LogP contribution in [0.25, 0.3) is 10.8 Å². The summed E-state index contributed by atoms with van der Waals surface area (Å²) in [6.07, 6.45) is 0. The van der Waals surface area contributed by atoms with Gasteiger partial charge in [0.1, 0.15) is 5.75 Å². The van der Waals surface area contributed by atoms with Gasteiger partial charge in [0.15, 0.2) is 0 Å². The molecule has 23 heavy (non-hydrogen) atoms. The first-order valence-corrected chi connectivity index (χ1v) is 7.61. The van der Waals surface area contributed by atoms with Crippen LogP contribution in [-0.4, -0.2) is 13.0 Å². The summed E-state index contributed by atoms with van der Waals surface area (Å²) < 4.78 is 5.13. The van der Waals surface area contributed by atoms with E-state index in [9.17, 15) is 4.79 Å². The molecule has 0 aliphatic heterocycles. The zero-order valence-electron chi connectivity index (χ0n) is 13.2. The number of hydrogen-bond acceptors (Lipinski definition) is 2. The van der Waals surface area contributed by atoms with Gasteiger partial charge in [0.2, 0.25) is 5.91 Å². The Morgan fingerprint density at radius 3 is 2.39 bits per heavy atom. The summed E-state index contributed by atoms with van der Waals surface area (Å²) in [5.41, 5.74) is 1.80. The number of amides is 1. The van der Waals surface area contributed by atoms with Crippen molar-refractivity contribution < 1.29 is 9.53 Å². The summed E-state index contributed by atoms with van der Waals surface area (Å²) in [4.78, 5) is 12.6. The fraction of sp³-hybridized carbons (Fsp3) is 0.150. The van der Waals surface area contributed by atoms with E-state index >= 15 is 0 Å². The van der Waals surface area contributed by atoms with Crippen molar-refractivity contribution in [3.63, 3.8) is 0 Å². The number of benzene rings is 3. The zero-order chi connectivity index (χ0) is 16.2. The Morgan fingerprint density at radius 1 is 0.957 bits per heavy atom. The number of hydrogen-bond donors (Lipinski definition) is 1. The Balaban J connectivity index is 1.83. The van der Waals surface area contributed by atoms with Crippen molar-refractivity contribution in [2.45, 2.75) is 12.8 Å². The fourth-order valence-electron chi connectivity index (χ4n) is 2.69. The molecule has 3 heteroatoms. The Hall–Kier alpha value is -2.81. The Morgan fingerprint density at radius 2 is 1.65 bits per heavy atom. The molecule has 0 fully saturated rings. The largest absolute Gasteiger partial charge is 0.497 e. The molecule has 1 amide bonds. The minimum Gasteiger partial charge on any atom is -0.497 e. The maximum absolute atomic E-state index is 12.6. The van der Waals surface area contributed by atoms with Gasteiger partial charge in [0.25, 0.3) is 0 Å². The van der Waals surface area contributed by atoms with Crippen molar-refractivity contribution in [2.24, 2.45) is 0 Å². The molecular formula is C20H19NO2. The van der Waals surface area contributed by atoms with Crippen LogP contribution in [0, 0.1) is 0 Å².